The molecule has 3 N–H and O–H groups in total. The fourth-order valence-electron chi connectivity index (χ4n) is 2.60. The Labute approximate surface area is 192 Å². The highest BCUT2D eigenvalue weighted by Gasteiger charge is 2.18. The van der Waals surface area contributed by atoms with E-state index in [2.05, 4.69) is 20.3 Å². The predicted octanol–water partition coefficient (Wildman–Crippen LogP) is 3.82. The number of hydrazine groups is 1. The Morgan fingerprint density at radius 2 is 1.48 bits per heavy atom. The van der Waals surface area contributed by atoms with Gasteiger partial charge in [-0.25, -0.2) is 8.42 Å². The number of carbonyl (C=O) groups excluding carboxylic acids is 2. The van der Waals surface area contributed by atoms with Crippen LogP contribution in [0.15, 0.2) is 77.7 Å². The zero-order chi connectivity index (χ0) is 24.0. The molecule has 0 saturated heterocycles. The zero-order valence-corrected chi connectivity index (χ0v) is 18.2. The Bertz CT molecular complexity index is 1270. The molecule has 0 aliphatic carbocycles. The summed E-state index contributed by atoms with van der Waals surface area (Å²) in [5.41, 5.74) is 4.50. The molecule has 0 atom stereocenters. The summed E-state index contributed by atoms with van der Waals surface area (Å²) < 4.78 is 56.2. The minimum absolute atomic E-state index is 0.0435. The minimum Gasteiger partial charge on any atom is -0.435 e. The molecule has 12 heteroatoms. The molecule has 2 amide bonds. The van der Waals surface area contributed by atoms with Crippen LogP contribution < -0.4 is 20.3 Å². The Kier molecular flexibility index (Phi) is 7.46. The Morgan fingerprint density at radius 3 is 2.12 bits per heavy atom. The van der Waals surface area contributed by atoms with E-state index >= 15 is 0 Å². The van der Waals surface area contributed by atoms with Crippen LogP contribution in [0.1, 0.15) is 20.7 Å². The van der Waals surface area contributed by atoms with Crippen molar-refractivity contribution >= 4 is 39.1 Å². The first-order valence-electron chi connectivity index (χ1n) is 9.19. The van der Waals surface area contributed by atoms with E-state index < -0.39 is 28.4 Å². The Hall–Kier alpha value is -3.70. The minimum atomic E-state index is -4.05. The average molecular weight is 496 g/mol. The molecule has 0 spiro atoms. The van der Waals surface area contributed by atoms with Crippen LogP contribution in [-0.4, -0.2) is 26.8 Å². The molecule has 8 nitrogen and oxygen atoms in total. The van der Waals surface area contributed by atoms with Crippen LogP contribution in [0, 0.1) is 0 Å². The van der Waals surface area contributed by atoms with E-state index in [1.54, 1.807) is 12.1 Å². The fraction of sp³-hybridized carbons (Fsp3) is 0.0476. The summed E-state index contributed by atoms with van der Waals surface area (Å²) in [6.45, 7) is -3.00. The topological polar surface area (TPSA) is 114 Å². The number of alkyl halides is 2. The van der Waals surface area contributed by atoms with E-state index in [4.69, 9.17) is 11.6 Å². The molecule has 0 heterocycles. The highest BCUT2D eigenvalue weighted by atomic mass is 35.5. The first kappa shape index (κ1) is 24.0. The Balaban J connectivity index is 1.65. The van der Waals surface area contributed by atoms with Crippen molar-refractivity contribution in [2.24, 2.45) is 0 Å². The number of para-hydroxylation sites is 1. The van der Waals surface area contributed by atoms with Gasteiger partial charge in [0.25, 0.3) is 21.8 Å². The van der Waals surface area contributed by atoms with Gasteiger partial charge in [-0.05, 0) is 54.6 Å². The molecule has 0 saturated carbocycles. The van der Waals surface area contributed by atoms with Gasteiger partial charge in [-0.15, -0.1) is 0 Å². The summed E-state index contributed by atoms with van der Waals surface area (Å²) in [6, 6.07) is 16.2. The lowest BCUT2D eigenvalue weighted by atomic mass is 10.2. The second-order valence-corrected chi connectivity index (χ2v) is 8.51. The predicted molar refractivity (Wildman–Crippen MR) is 117 cm³/mol. The Morgan fingerprint density at radius 1 is 0.848 bits per heavy atom. The molecular formula is C21H16ClF2N3O5S. The van der Waals surface area contributed by atoms with Crippen molar-refractivity contribution in [1.29, 1.82) is 0 Å². The van der Waals surface area contributed by atoms with Crippen LogP contribution in [0.5, 0.6) is 5.75 Å². The number of hydrogen-bond donors (Lipinski definition) is 3. The number of benzene rings is 3. The quantitative estimate of drug-likeness (QED) is 0.431. The average Bonchev–Trinajstić information content (AvgIpc) is 2.79. The summed E-state index contributed by atoms with van der Waals surface area (Å²) in [5.74, 6) is -1.64. The van der Waals surface area contributed by atoms with Crippen molar-refractivity contribution in [3.05, 3.63) is 88.9 Å². The number of sulfonamides is 1. The van der Waals surface area contributed by atoms with Crippen LogP contribution in [-0.2, 0) is 10.0 Å². The number of rotatable bonds is 7. The van der Waals surface area contributed by atoms with Gasteiger partial charge in [-0.1, -0.05) is 29.8 Å². The smallest absolute Gasteiger partial charge is 0.387 e. The number of ether oxygens (including phenoxy) is 1. The lowest BCUT2D eigenvalue weighted by molar-refractivity contribution is -0.0498. The lowest BCUT2D eigenvalue weighted by Gasteiger charge is -2.11. The van der Waals surface area contributed by atoms with Crippen molar-refractivity contribution in [1.82, 2.24) is 10.9 Å². The number of nitrogens with one attached hydrogen (secondary N) is 3. The third-order valence-corrected chi connectivity index (χ3v) is 5.85. The summed E-state index contributed by atoms with van der Waals surface area (Å²) in [7, 11) is -4.05. The van der Waals surface area contributed by atoms with E-state index in [9.17, 15) is 26.8 Å². The molecular weight excluding hydrogens is 480 g/mol. The zero-order valence-electron chi connectivity index (χ0n) is 16.6. The van der Waals surface area contributed by atoms with Crippen molar-refractivity contribution in [2.45, 2.75) is 11.5 Å². The maximum Gasteiger partial charge on any atom is 0.387 e. The maximum atomic E-state index is 12.6. The van der Waals surface area contributed by atoms with Gasteiger partial charge in [0.05, 0.1) is 15.6 Å². The van der Waals surface area contributed by atoms with Gasteiger partial charge in [-0.2, -0.15) is 8.78 Å². The number of amides is 2. The first-order valence-corrected chi connectivity index (χ1v) is 11.0. The van der Waals surface area contributed by atoms with E-state index in [0.717, 1.165) is 6.07 Å². The molecule has 0 radical (unpaired) electrons. The molecule has 0 fully saturated rings. The third kappa shape index (κ3) is 6.40. The van der Waals surface area contributed by atoms with Crippen LogP contribution in [0.3, 0.4) is 0 Å². The van der Waals surface area contributed by atoms with E-state index in [1.807, 2.05) is 0 Å². The number of anilines is 1. The highest BCUT2D eigenvalue weighted by Crippen LogP contribution is 2.24. The second kappa shape index (κ2) is 10.3. The monoisotopic (exact) mass is 495 g/mol. The summed E-state index contributed by atoms with van der Waals surface area (Å²) in [6.07, 6.45) is 0. The van der Waals surface area contributed by atoms with Crippen molar-refractivity contribution in [2.75, 3.05) is 4.72 Å². The van der Waals surface area contributed by atoms with E-state index in [0.29, 0.717) is 0 Å². The molecule has 3 aromatic carbocycles. The number of hydrogen-bond acceptors (Lipinski definition) is 5. The SMILES string of the molecule is O=C(NNC(=O)c1cccc(S(=O)(=O)Nc2ccccc2Cl)c1)c1ccc(OC(F)F)cc1. The van der Waals surface area contributed by atoms with Crippen LogP contribution in [0.4, 0.5) is 14.5 Å². The van der Waals surface area contributed by atoms with Gasteiger partial charge in [0.1, 0.15) is 5.75 Å². The summed E-state index contributed by atoms with van der Waals surface area (Å²) >= 11 is 5.98. The van der Waals surface area contributed by atoms with Crippen LogP contribution in [0.25, 0.3) is 0 Å². The second-order valence-electron chi connectivity index (χ2n) is 6.42. The molecule has 0 aliphatic rings. The molecule has 0 aromatic heterocycles. The number of carbonyl (C=O) groups is 2. The molecule has 172 valence electrons. The van der Waals surface area contributed by atoms with Crippen molar-refractivity contribution in [3.8, 4) is 5.75 Å². The summed E-state index contributed by atoms with van der Waals surface area (Å²) in [5, 5.41) is 0.200. The molecule has 33 heavy (non-hydrogen) atoms. The van der Waals surface area contributed by atoms with Gasteiger partial charge in [0.15, 0.2) is 0 Å². The molecule has 3 aromatic rings. The molecule has 3 rings (SSSR count). The van der Waals surface area contributed by atoms with Gasteiger partial charge >= 0.3 is 6.61 Å². The van der Waals surface area contributed by atoms with Gasteiger partial charge in [0, 0.05) is 11.1 Å². The summed E-state index contributed by atoms with van der Waals surface area (Å²) in [4.78, 5) is 24.3. The maximum absolute atomic E-state index is 12.6. The largest absolute Gasteiger partial charge is 0.435 e. The first-order chi connectivity index (χ1) is 15.7. The fourth-order valence-corrected chi connectivity index (χ4v) is 3.96. The standard InChI is InChI=1S/C21H16ClF2N3O5S/c22-17-6-1-2-7-18(17)27-33(30,31)16-5-3-4-14(12-16)20(29)26-25-19(28)13-8-10-15(11-9-13)32-21(23)24/h1-12,21,27H,(H,25,28)(H,26,29). The molecule has 0 bridgehead atoms. The van der Waals surface area contributed by atoms with E-state index in [-0.39, 0.29) is 32.5 Å². The third-order valence-electron chi connectivity index (χ3n) is 4.16. The van der Waals surface area contributed by atoms with Gasteiger partial charge in [0.2, 0.25) is 0 Å². The normalized spacial score (nSPS) is 11.0. The van der Waals surface area contributed by atoms with Crippen LogP contribution >= 0.6 is 11.6 Å². The van der Waals surface area contributed by atoms with E-state index in [1.165, 1.54) is 54.6 Å². The van der Waals surface area contributed by atoms with Gasteiger partial charge < -0.3 is 4.74 Å². The van der Waals surface area contributed by atoms with Crippen molar-refractivity contribution < 1.29 is 31.5 Å². The highest BCUT2D eigenvalue weighted by molar-refractivity contribution is 7.92. The van der Waals surface area contributed by atoms with Crippen molar-refractivity contribution in [3.63, 3.8) is 0 Å². The lowest BCUT2D eigenvalue weighted by Crippen LogP contribution is -2.41. The molecule has 0 aliphatic heterocycles. The number of halogens is 3. The van der Waals surface area contributed by atoms with Crippen LogP contribution in [0.2, 0.25) is 5.02 Å². The molecule has 0 unspecified atom stereocenters. The van der Waals surface area contributed by atoms with Gasteiger partial charge in [-0.3, -0.25) is 25.2 Å².